The summed E-state index contributed by atoms with van der Waals surface area (Å²) in [6, 6.07) is 15.0. The first kappa shape index (κ1) is 15.2. The lowest BCUT2D eigenvalue weighted by Crippen LogP contribution is -2.12. The smallest absolute Gasteiger partial charge is 0.272 e. The minimum Gasteiger partial charge on any atom is -0.372 e. The van der Waals surface area contributed by atoms with E-state index in [2.05, 4.69) is 10.3 Å². The highest BCUT2D eigenvalue weighted by atomic mass is 32.1. The number of hydrogen-bond donors (Lipinski definition) is 1. The fourth-order valence-corrected chi connectivity index (χ4v) is 3.14. The molecule has 6 heteroatoms. The second kappa shape index (κ2) is 6.58. The summed E-state index contributed by atoms with van der Waals surface area (Å²) in [6.45, 7) is 1.74. The van der Waals surface area contributed by atoms with Crippen molar-refractivity contribution >= 4 is 22.7 Å². The average Bonchev–Trinajstić information content (AvgIpc) is 3.07. The molecule has 3 rings (SSSR count). The number of benzene rings is 2. The summed E-state index contributed by atoms with van der Waals surface area (Å²) < 4.78 is 0. The SMILES string of the molecule is Cc1cc(NC(c2ccccc2)c2nccs2)ccc1[N+](=O)[O-]. The monoisotopic (exact) mass is 325 g/mol. The van der Waals surface area contributed by atoms with E-state index >= 15 is 0 Å². The zero-order valence-corrected chi connectivity index (χ0v) is 13.3. The highest BCUT2D eigenvalue weighted by Crippen LogP contribution is 2.30. The van der Waals surface area contributed by atoms with Gasteiger partial charge in [-0.2, -0.15) is 0 Å². The highest BCUT2D eigenvalue weighted by Gasteiger charge is 2.18. The summed E-state index contributed by atoms with van der Waals surface area (Å²) in [5.74, 6) is 0. The number of nitro groups is 1. The van der Waals surface area contributed by atoms with Gasteiger partial charge in [0.15, 0.2) is 0 Å². The Bertz CT molecular complexity index is 804. The van der Waals surface area contributed by atoms with Gasteiger partial charge in [0.25, 0.3) is 5.69 Å². The Balaban J connectivity index is 1.93. The average molecular weight is 325 g/mol. The Labute approximate surface area is 137 Å². The molecule has 0 spiro atoms. The number of hydrogen-bond acceptors (Lipinski definition) is 5. The molecule has 1 aromatic heterocycles. The van der Waals surface area contributed by atoms with Crippen LogP contribution in [0.4, 0.5) is 11.4 Å². The number of nitro benzene ring substituents is 1. The minimum absolute atomic E-state index is 0.0861. The fraction of sp³-hybridized carbons (Fsp3) is 0.118. The first-order chi connectivity index (χ1) is 11.1. The third kappa shape index (κ3) is 3.37. The van der Waals surface area contributed by atoms with Gasteiger partial charge >= 0.3 is 0 Å². The Morgan fingerprint density at radius 3 is 2.61 bits per heavy atom. The van der Waals surface area contributed by atoms with E-state index in [0.717, 1.165) is 16.3 Å². The van der Waals surface area contributed by atoms with Crippen LogP contribution in [0.25, 0.3) is 0 Å². The van der Waals surface area contributed by atoms with Gasteiger partial charge in [-0.05, 0) is 24.6 Å². The summed E-state index contributed by atoms with van der Waals surface area (Å²) in [6.07, 6.45) is 1.78. The van der Waals surface area contributed by atoms with E-state index in [1.807, 2.05) is 35.7 Å². The van der Waals surface area contributed by atoms with Crippen LogP contribution >= 0.6 is 11.3 Å². The number of nitrogens with one attached hydrogen (secondary N) is 1. The first-order valence-corrected chi connectivity index (χ1v) is 7.99. The Hall–Kier alpha value is -2.73. The lowest BCUT2D eigenvalue weighted by Gasteiger charge is -2.18. The van der Waals surface area contributed by atoms with E-state index in [0.29, 0.717) is 5.56 Å². The molecule has 23 heavy (non-hydrogen) atoms. The molecule has 0 fully saturated rings. The number of aryl methyl sites for hydroxylation is 1. The van der Waals surface area contributed by atoms with Crippen LogP contribution in [0.15, 0.2) is 60.1 Å². The molecule has 0 aliphatic carbocycles. The maximum absolute atomic E-state index is 10.9. The number of nitrogens with zero attached hydrogens (tertiary/aromatic N) is 2. The molecule has 2 aromatic carbocycles. The van der Waals surface area contributed by atoms with Gasteiger partial charge in [-0.1, -0.05) is 30.3 Å². The first-order valence-electron chi connectivity index (χ1n) is 7.11. The molecule has 116 valence electrons. The Morgan fingerprint density at radius 1 is 1.22 bits per heavy atom. The van der Waals surface area contributed by atoms with Crippen LogP contribution in [0, 0.1) is 17.0 Å². The van der Waals surface area contributed by atoms with Crippen LogP contribution in [0.3, 0.4) is 0 Å². The van der Waals surface area contributed by atoms with Gasteiger partial charge in [0.05, 0.1) is 4.92 Å². The van der Waals surface area contributed by atoms with Crippen LogP contribution in [-0.4, -0.2) is 9.91 Å². The Kier molecular flexibility index (Phi) is 4.34. The normalized spacial score (nSPS) is 11.9. The van der Waals surface area contributed by atoms with E-state index < -0.39 is 0 Å². The molecule has 1 heterocycles. The largest absolute Gasteiger partial charge is 0.372 e. The predicted molar refractivity (Wildman–Crippen MR) is 91.9 cm³/mol. The summed E-state index contributed by atoms with van der Waals surface area (Å²) in [7, 11) is 0. The van der Waals surface area contributed by atoms with Crippen LogP contribution in [-0.2, 0) is 0 Å². The van der Waals surface area contributed by atoms with Crippen molar-refractivity contribution in [2.24, 2.45) is 0 Å². The van der Waals surface area contributed by atoms with Gasteiger partial charge in [0, 0.05) is 28.9 Å². The van der Waals surface area contributed by atoms with Gasteiger partial charge in [0.1, 0.15) is 11.0 Å². The molecule has 0 aliphatic heterocycles. The maximum atomic E-state index is 10.9. The van der Waals surface area contributed by atoms with Gasteiger partial charge in [-0.3, -0.25) is 10.1 Å². The van der Waals surface area contributed by atoms with Crippen LogP contribution in [0.5, 0.6) is 0 Å². The topological polar surface area (TPSA) is 68.1 Å². The lowest BCUT2D eigenvalue weighted by atomic mass is 10.1. The summed E-state index contributed by atoms with van der Waals surface area (Å²) in [5.41, 5.74) is 2.68. The molecule has 0 saturated heterocycles. The van der Waals surface area contributed by atoms with E-state index in [4.69, 9.17) is 0 Å². The predicted octanol–water partition coefficient (Wildman–Crippen LogP) is 4.56. The van der Waals surface area contributed by atoms with Gasteiger partial charge in [0.2, 0.25) is 0 Å². The number of rotatable bonds is 5. The minimum atomic E-state index is -0.366. The quantitative estimate of drug-likeness (QED) is 0.551. The van der Waals surface area contributed by atoms with Crippen molar-refractivity contribution in [2.45, 2.75) is 13.0 Å². The molecule has 0 bridgehead atoms. The van der Waals surface area contributed by atoms with Crippen LogP contribution in [0.1, 0.15) is 22.2 Å². The van der Waals surface area contributed by atoms with Crippen molar-refractivity contribution in [2.75, 3.05) is 5.32 Å². The molecule has 1 atom stereocenters. The summed E-state index contributed by atoms with van der Waals surface area (Å²) in [4.78, 5) is 15.0. The van der Waals surface area contributed by atoms with E-state index in [-0.39, 0.29) is 16.7 Å². The lowest BCUT2D eigenvalue weighted by molar-refractivity contribution is -0.385. The molecule has 0 saturated carbocycles. The second-order valence-corrected chi connectivity index (χ2v) is 6.04. The molecule has 5 nitrogen and oxygen atoms in total. The number of thiazole rings is 1. The standard InChI is InChI=1S/C17H15N3O2S/c1-12-11-14(7-8-15(12)20(21)22)19-16(17-18-9-10-23-17)13-5-3-2-4-6-13/h2-11,16,19H,1H3. The third-order valence-corrected chi connectivity index (χ3v) is 4.38. The number of anilines is 1. The second-order valence-electron chi connectivity index (χ2n) is 5.12. The molecular formula is C17H15N3O2S. The Morgan fingerprint density at radius 2 is 2.00 bits per heavy atom. The zero-order chi connectivity index (χ0) is 16.2. The maximum Gasteiger partial charge on any atom is 0.272 e. The fourth-order valence-electron chi connectivity index (χ4n) is 2.43. The number of aromatic nitrogens is 1. The molecule has 3 aromatic rings. The van der Waals surface area contributed by atoms with Crippen LogP contribution < -0.4 is 5.32 Å². The van der Waals surface area contributed by atoms with Crippen molar-refractivity contribution in [3.63, 3.8) is 0 Å². The summed E-state index contributed by atoms with van der Waals surface area (Å²) >= 11 is 1.58. The van der Waals surface area contributed by atoms with E-state index in [1.54, 1.807) is 36.6 Å². The molecule has 1 unspecified atom stereocenters. The van der Waals surface area contributed by atoms with Gasteiger partial charge in [-0.15, -0.1) is 11.3 Å². The van der Waals surface area contributed by atoms with Crippen molar-refractivity contribution < 1.29 is 4.92 Å². The molecule has 0 amide bonds. The van der Waals surface area contributed by atoms with Crippen molar-refractivity contribution in [3.05, 3.63) is 86.4 Å². The summed E-state index contributed by atoms with van der Waals surface area (Å²) in [5, 5.41) is 17.3. The van der Waals surface area contributed by atoms with E-state index in [1.165, 1.54) is 6.07 Å². The zero-order valence-electron chi connectivity index (χ0n) is 12.5. The van der Waals surface area contributed by atoms with E-state index in [9.17, 15) is 10.1 Å². The molecule has 1 N–H and O–H groups in total. The molecular weight excluding hydrogens is 310 g/mol. The molecule has 0 radical (unpaired) electrons. The third-order valence-electron chi connectivity index (χ3n) is 3.54. The van der Waals surface area contributed by atoms with Crippen molar-refractivity contribution in [1.29, 1.82) is 0 Å². The van der Waals surface area contributed by atoms with Crippen molar-refractivity contribution in [1.82, 2.24) is 4.98 Å². The van der Waals surface area contributed by atoms with Crippen LogP contribution in [0.2, 0.25) is 0 Å². The molecule has 0 aliphatic rings. The van der Waals surface area contributed by atoms with Crippen molar-refractivity contribution in [3.8, 4) is 0 Å². The highest BCUT2D eigenvalue weighted by molar-refractivity contribution is 7.09. The van der Waals surface area contributed by atoms with Gasteiger partial charge in [-0.25, -0.2) is 4.98 Å². The van der Waals surface area contributed by atoms with Gasteiger partial charge < -0.3 is 5.32 Å².